The molecule has 0 saturated heterocycles. The second kappa shape index (κ2) is 5.94. The predicted molar refractivity (Wildman–Crippen MR) is 75.4 cm³/mol. The summed E-state index contributed by atoms with van der Waals surface area (Å²) in [6.07, 6.45) is 1.60. The van der Waals surface area contributed by atoms with Gasteiger partial charge in [0.25, 0.3) is 0 Å². The number of hydrogen-bond acceptors (Lipinski definition) is 5. The van der Waals surface area contributed by atoms with Crippen LogP contribution in [0.4, 0.5) is 4.79 Å². The predicted octanol–water partition coefficient (Wildman–Crippen LogP) is 1.32. The molecule has 2 aromatic heterocycles. The molecular weight excluding hydrogens is 272 g/mol. The van der Waals surface area contributed by atoms with E-state index in [1.54, 1.807) is 22.8 Å². The molecule has 0 aliphatic heterocycles. The van der Waals surface area contributed by atoms with Crippen LogP contribution >= 0.6 is 0 Å². The molecule has 0 aromatic carbocycles. The summed E-state index contributed by atoms with van der Waals surface area (Å²) in [5.41, 5.74) is 1.73. The quantitative estimate of drug-likeness (QED) is 0.918. The Kier molecular flexibility index (Phi) is 4.25. The molecule has 0 spiro atoms. The first-order chi connectivity index (χ1) is 9.90. The van der Waals surface area contributed by atoms with Crippen LogP contribution in [0.15, 0.2) is 10.9 Å². The normalized spacial score (nSPS) is 12.2. The highest BCUT2D eigenvalue weighted by Gasteiger charge is 2.19. The summed E-state index contributed by atoms with van der Waals surface area (Å²) >= 11 is 0. The van der Waals surface area contributed by atoms with E-state index in [-0.39, 0.29) is 12.1 Å². The molecule has 1 atom stereocenters. The minimum absolute atomic E-state index is 0.189. The van der Waals surface area contributed by atoms with E-state index < -0.39 is 0 Å². The Labute approximate surface area is 123 Å². The van der Waals surface area contributed by atoms with E-state index >= 15 is 0 Å². The fraction of sp³-hybridized carbons (Fsp3) is 0.538. The molecule has 1 N–H and O–H groups in total. The molecule has 0 unspecified atom stereocenters. The van der Waals surface area contributed by atoms with Crippen molar-refractivity contribution in [1.82, 2.24) is 30.1 Å². The highest BCUT2D eigenvalue weighted by molar-refractivity contribution is 5.74. The lowest BCUT2D eigenvalue weighted by Gasteiger charge is -2.20. The zero-order valence-electron chi connectivity index (χ0n) is 12.9. The van der Waals surface area contributed by atoms with Crippen LogP contribution in [-0.2, 0) is 13.6 Å². The van der Waals surface area contributed by atoms with Crippen molar-refractivity contribution in [2.24, 2.45) is 7.05 Å². The van der Waals surface area contributed by atoms with E-state index in [9.17, 15) is 4.79 Å². The third kappa shape index (κ3) is 3.21. The monoisotopic (exact) mass is 292 g/mol. The van der Waals surface area contributed by atoms with Gasteiger partial charge >= 0.3 is 6.03 Å². The van der Waals surface area contributed by atoms with Crippen LogP contribution in [0.3, 0.4) is 0 Å². The van der Waals surface area contributed by atoms with Crippen LogP contribution in [0.1, 0.15) is 35.8 Å². The van der Waals surface area contributed by atoms with Crippen LogP contribution in [0.25, 0.3) is 0 Å². The van der Waals surface area contributed by atoms with Crippen molar-refractivity contribution in [1.29, 1.82) is 0 Å². The molecule has 2 heterocycles. The minimum atomic E-state index is -0.225. The second-order valence-corrected chi connectivity index (χ2v) is 5.13. The van der Waals surface area contributed by atoms with Crippen LogP contribution in [-0.4, -0.2) is 37.9 Å². The number of carbonyl (C=O) groups is 1. The van der Waals surface area contributed by atoms with Crippen LogP contribution in [0, 0.1) is 13.8 Å². The Morgan fingerprint density at radius 1 is 1.52 bits per heavy atom. The van der Waals surface area contributed by atoms with Gasteiger partial charge in [0.1, 0.15) is 12.1 Å². The minimum Gasteiger partial charge on any atom is -0.361 e. The molecule has 114 valence electrons. The van der Waals surface area contributed by atoms with Gasteiger partial charge in [-0.1, -0.05) is 5.16 Å². The molecule has 0 bridgehead atoms. The third-order valence-electron chi connectivity index (χ3n) is 3.40. The van der Waals surface area contributed by atoms with E-state index in [1.807, 2.05) is 27.8 Å². The number of aryl methyl sites for hydroxylation is 3. The van der Waals surface area contributed by atoms with E-state index in [0.717, 1.165) is 17.0 Å². The summed E-state index contributed by atoms with van der Waals surface area (Å²) in [4.78, 5) is 13.8. The molecule has 2 rings (SSSR count). The Bertz CT molecular complexity index is 613. The molecule has 0 saturated carbocycles. The SMILES string of the molecule is Cc1noc(C)c1CN(C)C(=O)N[C@H](C)c1nncn1C. The second-order valence-electron chi connectivity index (χ2n) is 5.13. The van der Waals surface area contributed by atoms with Crippen molar-refractivity contribution in [3.8, 4) is 0 Å². The van der Waals surface area contributed by atoms with E-state index in [4.69, 9.17) is 4.52 Å². The first-order valence-electron chi connectivity index (χ1n) is 6.67. The van der Waals surface area contributed by atoms with Crippen LogP contribution < -0.4 is 5.32 Å². The summed E-state index contributed by atoms with van der Waals surface area (Å²) < 4.78 is 6.88. The first-order valence-corrected chi connectivity index (χ1v) is 6.67. The molecular formula is C13H20N6O2. The Morgan fingerprint density at radius 3 is 2.76 bits per heavy atom. The van der Waals surface area contributed by atoms with Gasteiger partial charge in [0.2, 0.25) is 0 Å². The summed E-state index contributed by atoms with van der Waals surface area (Å²) in [5.74, 6) is 1.43. The van der Waals surface area contributed by atoms with Gasteiger partial charge in [-0.05, 0) is 20.8 Å². The number of hydrogen-bond donors (Lipinski definition) is 1. The zero-order chi connectivity index (χ0) is 15.6. The fourth-order valence-corrected chi connectivity index (χ4v) is 2.08. The summed E-state index contributed by atoms with van der Waals surface area (Å²) in [6, 6.07) is -0.414. The molecule has 0 radical (unpaired) electrons. The van der Waals surface area contributed by atoms with Crippen molar-refractivity contribution in [2.45, 2.75) is 33.4 Å². The molecule has 0 aliphatic carbocycles. The number of rotatable bonds is 4. The average Bonchev–Trinajstić information content (AvgIpc) is 2.99. The molecule has 0 fully saturated rings. The summed E-state index contributed by atoms with van der Waals surface area (Å²) in [7, 11) is 3.57. The van der Waals surface area contributed by atoms with Crippen LogP contribution in [0.2, 0.25) is 0 Å². The van der Waals surface area contributed by atoms with E-state index in [2.05, 4.69) is 20.7 Å². The van der Waals surface area contributed by atoms with Crippen molar-refractivity contribution < 1.29 is 9.32 Å². The Morgan fingerprint density at radius 2 is 2.24 bits per heavy atom. The van der Waals surface area contributed by atoms with Crippen LogP contribution in [0.5, 0.6) is 0 Å². The summed E-state index contributed by atoms with van der Waals surface area (Å²) in [6.45, 7) is 6.01. The van der Waals surface area contributed by atoms with Gasteiger partial charge in [-0.2, -0.15) is 0 Å². The first kappa shape index (κ1) is 15.0. The number of urea groups is 1. The molecule has 2 amide bonds. The van der Waals surface area contributed by atoms with Crippen molar-refractivity contribution in [2.75, 3.05) is 7.05 Å². The van der Waals surface area contributed by atoms with Gasteiger partial charge < -0.3 is 19.3 Å². The van der Waals surface area contributed by atoms with Gasteiger partial charge in [0.15, 0.2) is 5.82 Å². The smallest absolute Gasteiger partial charge is 0.318 e. The standard InChI is InChI=1S/C13H20N6O2/c1-8-11(10(3)21-17-8)6-18(4)13(20)15-9(2)12-16-14-7-19(12)5/h7,9H,6H2,1-5H3,(H,15,20)/t9-/m1/s1. The molecule has 21 heavy (non-hydrogen) atoms. The Balaban J connectivity index is 1.99. The van der Waals surface area contributed by atoms with Gasteiger partial charge in [0, 0.05) is 19.7 Å². The van der Waals surface area contributed by atoms with Gasteiger partial charge in [-0.3, -0.25) is 0 Å². The maximum absolute atomic E-state index is 12.2. The lowest BCUT2D eigenvalue weighted by Crippen LogP contribution is -2.39. The topological polar surface area (TPSA) is 89.1 Å². The van der Waals surface area contributed by atoms with Gasteiger partial charge in [-0.15, -0.1) is 10.2 Å². The fourth-order valence-electron chi connectivity index (χ4n) is 2.08. The number of nitrogens with one attached hydrogen (secondary N) is 1. The molecule has 0 aliphatic rings. The maximum Gasteiger partial charge on any atom is 0.318 e. The van der Waals surface area contributed by atoms with Crippen molar-refractivity contribution in [3.05, 3.63) is 29.2 Å². The Hall–Kier alpha value is -2.38. The highest BCUT2D eigenvalue weighted by Crippen LogP contribution is 2.15. The molecule has 8 heteroatoms. The largest absolute Gasteiger partial charge is 0.361 e. The number of carbonyl (C=O) groups excluding carboxylic acids is 1. The summed E-state index contributed by atoms with van der Waals surface area (Å²) in [5, 5.41) is 14.6. The lowest BCUT2D eigenvalue weighted by molar-refractivity contribution is 0.202. The van der Waals surface area contributed by atoms with E-state index in [0.29, 0.717) is 12.4 Å². The number of aromatic nitrogens is 4. The lowest BCUT2D eigenvalue weighted by atomic mass is 10.2. The van der Waals surface area contributed by atoms with E-state index in [1.165, 1.54) is 0 Å². The third-order valence-corrected chi connectivity index (χ3v) is 3.40. The maximum atomic E-state index is 12.2. The molecule has 8 nitrogen and oxygen atoms in total. The van der Waals surface area contributed by atoms with Crippen molar-refractivity contribution in [3.63, 3.8) is 0 Å². The zero-order valence-corrected chi connectivity index (χ0v) is 12.9. The van der Waals surface area contributed by atoms with Gasteiger partial charge in [-0.25, -0.2) is 4.79 Å². The molecule has 2 aromatic rings. The number of nitrogens with zero attached hydrogens (tertiary/aromatic N) is 5. The van der Waals surface area contributed by atoms with Crippen molar-refractivity contribution >= 4 is 6.03 Å². The highest BCUT2D eigenvalue weighted by atomic mass is 16.5. The van der Waals surface area contributed by atoms with Gasteiger partial charge in [0.05, 0.1) is 18.3 Å². The number of amides is 2. The average molecular weight is 292 g/mol.